The Hall–Kier alpha value is -1.50. The second-order valence-corrected chi connectivity index (χ2v) is 4.98. The Balaban J connectivity index is 2.27. The number of nitrogen functional groups attached to an aromatic ring is 1. The molecule has 0 saturated heterocycles. The number of anilines is 1. The molecule has 2 heterocycles. The van der Waals surface area contributed by atoms with Gasteiger partial charge in [-0.3, -0.25) is 4.68 Å². The lowest BCUT2D eigenvalue weighted by molar-refractivity contribution is 0.632. The average molecular weight is 252 g/mol. The van der Waals surface area contributed by atoms with E-state index < -0.39 is 0 Å². The molecule has 0 fully saturated rings. The van der Waals surface area contributed by atoms with Gasteiger partial charge >= 0.3 is 0 Å². The molecule has 0 saturated carbocycles. The van der Waals surface area contributed by atoms with Crippen LogP contribution >= 0.6 is 11.8 Å². The van der Waals surface area contributed by atoms with Crippen LogP contribution in [0.25, 0.3) is 11.4 Å². The summed E-state index contributed by atoms with van der Waals surface area (Å²) >= 11 is 1.87. The van der Waals surface area contributed by atoms with Crippen molar-refractivity contribution < 1.29 is 0 Å². The Kier molecular flexibility index (Phi) is 3.68. The maximum Gasteiger partial charge on any atom is 0.175 e. The molecule has 17 heavy (non-hydrogen) atoms. The first kappa shape index (κ1) is 12.0. The molecule has 0 spiro atoms. The quantitative estimate of drug-likeness (QED) is 0.804. The normalized spacial score (nSPS) is 10.9. The van der Waals surface area contributed by atoms with E-state index in [0.29, 0.717) is 5.82 Å². The first-order valence-corrected chi connectivity index (χ1v) is 6.64. The predicted molar refractivity (Wildman–Crippen MR) is 69.6 cm³/mol. The van der Waals surface area contributed by atoms with Gasteiger partial charge in [0.2, 0.25) is 0 Å². The number of aromatic nitrogens is 5. The molecule has 7 heteroatoms. The van der Waals surface area contributed by atoms with Gasteiger partial charge in [-0.15, -0.1) is 5.10 Å². The Labute approximate surface area is 104 Å². The Morgan fingerprint density at radius 1 is 1.47 bits per heavy atom. The summed E-state index contributed by atoms with van der Waals surface area (Å²) in [5.41, 5.74) is 7.65. The molecule has 2 rings (SSSR count). The van der Waals surface area contributed by atoms with Crippen molar-refractivity contribution >= 4 is 17.6 Å². The molecule has 0 unspecified atom stereocenters. The number of nitrogens with zero attached hydrogens (tertiary/aromatic N) is 5. The van der Waals surface area contributed by atoms with E-state index in [0.717, 1.165) is 29.4 Å². The third kappa shape index (κ3) is 2.44. The van der Waals surface area contributed by atoms with Crippen LogP contribution in [0.5, 0.6) is 0 Å². The fourth-order valence-electron chi connectivity index (χ4n) is 1.65. The van der Waals surface area contributed by atoms with Gasteiger partial charge < -0.3 is 5.73 Å². The summed E-state index contributed by atoms with van der Waals surface area (Å²) in [5.74, 6) is 2.56. The van der Waals surface area contributed by atoms with E-state index in [2.05, 4.69) is 22.3 Å². The summed E-state index contributed by atoms with van der Waals surface area (Å²) in [6, 6.07) is 1.92. The summed E-state index contributed by atoms with van der Waals surface area (Å²) in [4.78, 5) is 0. The highest BCUT2D eigenvalue weighted by molar-refractivity contribution is 7.99. The topological polar surface area (TPSA) is 74.6 Å². The van der Waals surface area contributed by atoms with E-state index >= 15 is 0 Å². The van der Waals surface area contributed by atoms with Gasteiger partial charge in [-0.2, -0.15) is 16.9 Å². The number of hydrogen-bond donors (Lipinski definition) is 1. The molecule has 2 aromatic rings. The van der Waals surface area contributed by atoms with Gasteiger partial charge in [0.15, 0.2) is 5.82 Å². The fourth-order valence-corrected chi connectivity index (χ4v) is 2.24. The first-order chi connectivity index (χ1) is 8.24. The van der Waals surface area contributed by atoms with Crippen molar-refractivity contribution in [3.05, 3.63) is 12.3 Å². The minimum absolute atomic E-state index is 0.454. The Morgan fingerprint density at radius 2 is 2.29 bits per heavy atom. The van der Waals surface area contributed by atoms with Gasteiger partial charge in [0.05, 0.1) is 12.2 Å². The van der Waals surface area contributed by atoms with Crippen molar-refractivity contribution in [1.82, 2.24) is 24.8 Å². The highest BCUT2D eigenvalue weighted by atomic mass is 32.2. The van der Waals surface area contributed by atoms with Crippen molar-refractivity contribution in [1.29, 1.82) is 0 Å². The molecule has 92 valence electrons. The summed E-state index contributed by atoms with van der Waals surface area (Å²) in [5, 5.41) is 12.1. The lowest BCUT2D eigenvalue weighted by Crippen LogP contribution is -2.07. The standard InChI is InChI=1S/C10H16N6S/c1-3-17-7-6-16-9(10(11)13-14-16)8-4-5-12-15(8)2/h4-5H,3,6-7,11H2,1-2H3. The fraction of sp³-hybridized carbons (Fsp3) is 0.500. The van der Waals surface area contributed by atoms with Crippen LogP contribution in [0.1, 0.15) is 6.92 Å². The second kappa shape index (κ2) is 5.22. The molecule has 0 aliphatic heterocycles. The van der Waals surface area contributed by atoms with Crippen molar-refractivity contribution in [3.8, 4) is 11.4 Å². The smallest absolute Gasteiger partial charge is 0.175 e. The summed E-state index contributed by atoms with van der Waals surface area (Å²) in [7, 11) is 1.88. The second-order valence-electron chi connectivity index (χ2n) is 3.58. The molecule has 0 radical (unpaired) electrons. The van der Waals surface area contributed by atoms with E-state index in [1.54, 1.807) is 10.9 Å². The summed E-state index contributed by atoms with van der Waals surface area (Å²) in [6.45, 7) is 2.95. The molecule has 0 atom stereocenters. The van der Waals surface area contributed by atoms with Crippen molar-refractivity contribution in [3.63, 3.8) is 0 Å². The van der Waals surface area contributed by atoms with Gasteiger partial charge in [-0.1, -0.05) is 12.1 Å². The Bertz CT molecular complexity index is 489. The number of rotatable bonds is 5. The van der Waals surface area contributed by atoms with Crippen LogP contribution in [0.15, 0.2) is 12.3 Å². The molecule has 0 bridgehead atoms. The minimum atomic E-state index is 0.454. The molecule has 0 aromatic carbocycles. The maximum absolute atomic E-state index is 5.86. The van der Waals surface area contributed by atoms with Crippen LogP contribution in [0.3, 0.4) is 0 Å². The zero-order chi connectivity index (χ0) is 12.3. The molecule has 6 nitrogen and oxygen atoms in total. The van der Waals surface area contributed by atoms with E-state index in [1.165, 1.54) is 0 Å². The third-order valence-corrected chi connectivity index (χ3v) is 3.36. The van der Waals surface area contributed by atoms with E-state index in [4.69, 9.17) is 5.73 Å². The van der Waals surface area contributed by atoms with E-state index in [9.17, 15) is 0 Å². The number of nitrogens with two attached hydrogens (primary N) is 1. The molecule has 0 aliphatic carbocycles. The minimum Gasteiger partial charge on any atom is -0.380 e. The number of hydrogen-bond acceptors (Lipinski definition) is 5. The van der Waals surface area contributed by atoms with Gasteiger partial charge in [-0.25, -0.2) is 4.68 Å². The monoisotopic (exact) mass is 252 g/mol. The van der Waals surface area contributed by atoms with Crippen LogP contribution < -0.4 is 5.73 Å². The zero-order valence-corrected chi connectivity index (χ0v) is 10.8. The van der Waals surface area contributed by atoms with E-state index in [1.807, 2.05) is 29.6 Å². The van der Waals surface area contributed by atoms with Crippen molar-refractivity contribution in [2.24, 2.45) is 7.05 Å². The lowest BCUT2D eigenvalue weighted by atomic mass is 10.3. The van der Waals surface area contributed by atoms with Crippen LogP contribution in [-0.4, -0.2) is 36.3 Å². The molecule has 0 aliphatic rings. The van der Waals surface area contributed by atoms with Crippen LogP contribution in [0.4, 0.5) is 5.82 Å². The van der Waals surface area contributed by atoms with Crippen LogP contribution in [0.2, 0.25) is 0 Å². The van der Waals surface area contributed by atoms with Crippen LogP contribution in [0, 0.1) is 0 Å². The maximum atomic E-state index is 5.86. The van der Waals surface area contributed by atoms with Crippen molar-refractivity contribution in [2.45, 2.75) is 13.5 Å². The molecule has 0 amide bonds. The summed E-state index contributed by atoms with van der Waals surface area (Å²) < 4.78 is 3.62. The largest absolute Gasteiger partial charge is 0.380 e. The molecule has 2 N–H and O–H groups in total. The predicted octanol–water partition coefficient (Wildman–Crippen LogP) is 1.01. The first-order valence-electron chi connectivity index (χ1n) is 5.49. The molecule has 2 aromatic heterocycles. The average Bonchev–Trinajstić information content (AvgIpc) is 2.86. The number of aryl methyl sites for hydroxylation is 2. The van der Waals surface area contributed by atoms with Gasteiger partial charge in [0.25, 0.3) is 0 Å². The number of thioether (sulfide) groups is 1. The van der Waals surface area contributed by atoms with E-state index in [-0.39, 0.29) is 0 Å². The summed E-state index contributed by atoms with van der Waals surface area (Å²) in [6.07, 6.45) is 1.74. The van der Waals surface area contributed by atoms with Gasteiger partial charge in [0, 0.05) is 19.0 Å². The van der Waals surface area contributed by atoms with Gasteiger partial charge in [-0.05, 0) is 11.8 Å². The zero-order valence-electron chi connectivity index (χ0n) is 10.00. The molecular weight excluding hydrogens is 236 g/mol. The molecular formula is C10H16N6S. The van der Waals surface area contributed by atoms with Crippen LogP contribution in [-0.2, 0) is 13.6 Å². The lowest BCUT2D eigenvalue weighted by Gasteiger charge is -2.06. The van der Waals surface area contributed by atoms with Gasteiger partial charge in [0.1, 0.15) is 5.69 Å². The third-order valence-electron chi connectivity index (χ3n) is 2.48. The van der Waals surface area contributed by atoms with Crippen molar-refractivity contribution in [2.75, 3.05) is 17.2 Å². The highest BCUT2D eigenvalue weighted by Crippen LogP contribution is 2.23. The SMILES string of the molecule is CCSCCn1nnc(N)c1-c1ccnn1C. The highest BCUT2D eigenvalue weighted by Gasteiger charge is 2.15. The Morgan fingerprint density at radius 3 is 2.94 bits per heavy atom.